The van der Waals surface area contributed by atoms with Crippen LogP contribution in [0.25, 0.3) is 54.6 Å². The lowest BCUT2D eigenvalue weighted by Crippen LogP contribution is -2.31. The lowest BCUT2D eigenvalue weighted by atomic mass is 9.61. The lowest BCUT2D eigenvalue weighted by molar-refractivity contribution is 0.801. The first-order valence-electron chi connectivity index (χ1n) is 25.7. The van der Waals surface area contributed by atoms with E-state index >= 15 is 0 Å². The van der Waals surface area contributed by atoms with Gasteiger partial charge in [0.25, 0.3) is 0 Å². The van der Waals surface area contributed by atoms with E-state index in [0.29, 0.717) is 23.0 Å². The summed E-state index contributed by atoms with van der Waals surface area (Å²) in [5.74, 6) is 0.807. The third-order valence-corrected chi connectivity index (χ3v) is 16.0. The van der Waals surface area contributed by atoms with Gasteiger partial charge in [0.15, 0.2) is 0 Å². The maximum atomic E-state index is 9.83. The van der Waals surface area contributed by atoms with Gasteiger partial charge in [-0.05, 0) is 215 Å². The number of nitriles is 2. The Morgan fingerprint density at radius 3 is 1.58 bits per heavy atom. The molecule has 0 aliphatic heterocycles. The van der Waals surface area contributed by atoms with Crippen molar-refractivity contribution in [2.45, 2.75) is 51.9 Å². The summed E-state index contributed by atoms with van der Waals surface area (Å²) < 4.78 is 0. The number of fused-ring (bicyclic) bond motifs is 7. The average Bonchev–Trinajstić information content (AvgIpc) is 4.13. The molecule has 0 heterocycles. The van der Waals surface area contributed by atoms with Crippen LogP contribution < -0.4 is 9.80 Å². The van der Waals surface area contributed by atoms with Gasteiger partial charge >= 0.3 is 0 Å². The van der Waals surface area contributed by atoms with Gasteiger partial charge in [-0.1, -0.05) is 137 Å². The van der Waals surface area contributed by atoms with E-state index in [9.17, 15) is 10.5 Å². The van der Waals surface area contributed by atoms with E-state index in [1.54, 1.807) is 0 Å². The second-order valence-corrected chi connectivity index (χ2v) is 20.7. The van der Waals surface area contributed by atoms with Gasteiger partial charge in [-0.3, -0.25) is 0 Å². The summed E-state index contributed by atoms with van der Waals surface area (Å²) in [6, 6.07) is 72.8. The quantitative estimate of drug-likeness (QED) is 0.145. The van der Waals surface area contributed by atoms with Crippen LogP contribution in [0, 0.1) is 22.7 Å². The number of anilines is 6. The molecule has 3 aliphatic carbocycles. The van der Waals surface area contributed by atoms with Crippen LogP contribution >= 0.6 is 0 Å². The number of nitrogens with zero attached hydrogens (tertiary/aromatic N) is 4. The Balaban J connectivity index is 1.09. The van der Waals surface area contributed by atoms with Crippen LogP contribution in [0.15, 0.2) is 212 Å². The Labute approximate surface area is 433 Å². The molecule has 0 saturated carbocycles. The Morgan fingerprint density at radius 1 is 0.486 bits per heavy atom. The van der Waals surface area contributed by atoms with Gasteiger partial charge in [0.05, 0.1) is 28.7 Å². The minimum Gasteiger partial charge on any atom is -0.310 e. The van der Waals surface area contributed by atoms with E-state index in [0.717, 1.165) is 56.0 Å². The maximum Gasteiger partial charge on any atom is 0.0991 e. The predicted molar refractivity (Wildman–Crippen MR) is 308 cm³/mol. The fraction of sp³-hybridized carbons (Fsp3) is 0.114. The predicted octanol–water partition coefficient (Wildman–Crippen LogP) is 18.8. The monoisotopic (exact) mass is 948 g/mol. The molecule has 74 heavy (non-hydrogen) atoms. The second kappa shape index (κ2) is 17.0. The molecule has 1 spiro atoms. The lowest BCUT2D eigenvalue weighted by Gasteiger charge is -2.40. The number of benzene rings is 10. The van der Waals surface area contributed by atoms with E-state index in [-0.39, 0.29) is 0 Å². The van der Waals surface area contributed by atoms with Crippen molar-refractivity contribution in [1.29, 1.82) is 10.5 Å². The molecular formula is C70H52N4. The van der Waals surface area contributed by atoms with Crippen molar-refractivity contribution < 1.29 is 0 Å². The van der Waals surface area contributed by atoms with Crippen LogP contribution in [0.1, 0.15) is 96.5 Å². The molecule has 10 aromatic rings. The molecule has 3 aliphatic rings. The van der Waals surface area contributed by atoms with Crippen molar-refractivity contribution in [3.8, 4) is 23.3 Å². The zero-order valence-electron chi connectivity index (χ0n) is 42.2. The first-order valence-corrected chi connectivity index (χ1v) is 25.7. The third kappa shape index (κ3) is 6.45. The van der Waals surface area contributed by atoms with Gasteiger partial charge in [-0.15, -0.1) is 0 Å². The summed E-state index contributed by atoms with van der Waals surface area (Å²) in [5, 5.41) is 26.8. The summed E-state index contributed by atoms with van der Waals surface area (Å²) in [5.41, 5.74) is 21.5. The Morgan fingerprint density at radius 2 is 1.00 bits per heavy atom. The molecular weight excluding hydrogens is 897 g/mol. The highest BCUT2D eigenvalue weighted by molar-refractivity contribution is 6.21. The SMILES string of the molecule is C=C1C2=C(/C=C\C)c3c(ccc4ccccc34)C23c2c(ccc4cc(N(c5ccc(C#N)cc5)c5ccc(C(C)C)cc5)ccc24)-c2ccc4cc(N(c5ccc(C#N)cc5)c5ccc(C(C)C)cc5)cc1c4c23. The van der Waals surface area contributed by atoms with E-state index < -0.39 is 5.41 Å². The minimum absolute atomic E-state index is 0.398. The standard InChI is InChI=1S/C70H52N4/c1-7-10-62-66-58-12-9-8-11-49(58)23-36-64(66)70-67(62)44(6)63-39-57(74(53-26-15-46(41-72)16-27-53)55-30-19-48(20-31-55)43(4)5)38-51-22-34-61(69(70)65(51)63)60-33-21-50-37-56(32-35-59(50)68(60)70)73(52-24-13-45(40-71)14-25-52)54-28-17-47(18-29-54)42(2)3/h7-39,42-43H,6H2,1-5H3/b10-7-. The van der Waals surface area contributed by atoms with Crippen LogP contribution in [0.4, 0.5) is 34.1 Å². The van der Waals surface area contributed by atoms with Crippen molar-refractivity contribution in [2.24, 2.45) is 0 Å². The molecule has 0 N–H and O–H groups in total. The normalized spacial score (nSPS) is 15.0. The zero-order valence-corrected chi connectivity index (χ0v) is 42.2. The topological polar surface area (TPSA) is 54.1 Å². The molecule has 0 amide bonds. The molecule has 0 bridgehead atoms. The zero-order chi connectivity index (χ0) is 50.6. The molecule has 13 rings (SSSR count). The molecule has 0 radical (unpaired) electrons. The van der Waals surface area contributed by atoms with Gasteiger partial charge in [0.1, 0.15) is 0 Å². The van der Waals surface area contributed by atoms with Gasteiger partial charge in [0.2, 0.25) is 0 Å². The highest BCUT2D eigenvalue weighted by Crippen LogP contribution is 2.70. The van der Waals surface area contributed by atoms with Crippen molar-refractivity contribution in [3.63, 3.8) is 0 Å². The van der Waals surface area contributed by atoms with Crippen LogP contribution in [-0.4, -0.2) is 0 Å². The average molecular weight is 949 g/mol. The number of allylic oxidation sites excluding steroid dienone is 5. The molecule has 4 heteroatoms. The van der Waals surface area contributed by atoms with Crippen molar-refractivity contribution in [3.05, 3.63) is 262 Å². The Hall–Kier alpha value is -9.22. The number of hydrogen-bond acceptors (Lipinski definition) is 4. The molecule has 1 atom stereocenters. The summed E-state index contributed by atoms with van der Waals surface area (Å²) >= 11 is 0. The molecule has 352 valence electrons. The number of rotatable bonds is 9. The highest BCUT2D eigenvalue weighted by atomic mass is 15.1. The maximum absolute atomic E-state index is 9.83. The summed E-state index contributed by atoms with van der Waals surface area (Å²) in [6.07, 6.45) is 4.52. The molecule has 0 aromatic heterocycles. The minimum atomic E-state index is -0.677. The largest absolute Gasteiger partial charge is 0.310 e. The fourth-order valence-corrected chi connectivity index (χ4v) is 12.6. The van der Waals surface area contributed by atoms with Crippen molar-refractivity contribution in [1.82, 2.24) is 0 Å². The van der Waals surface area contributed by atoms with Crippen molar-refractivity contribution in [2.75, 3.05) is 9.80 Å². The van der Waals surface area contributed by atoms with E-state index in [2.05, 4.69) is 220 Å². The molecule has 0 fully saturated rings. The molecule has 4 nitrogen and oxygen atoms in total. The smallest absolute Gasteiger partial charge is 0.0991 e. The highest BCUT2D eigenvalue weighted by Gasteiger charge is 2.57. The van der Waals surface area contributed by atoms with E-state index in [4.69, 9.17) is 6.58 Å². The first kappa shape index (κ1) is 44.7. The van der Waals surface area contributed by atoms with E-state index in [1.165, 1.54) is 77.2 Å². The van der Waals surface area contributed by atoms with Gasteiger partial charge < -0.3 is 9.80 Å². The fourth-order valence-electron chi connectivity index (χ4n) is 12.6. The molecule has 1 unspecified atom stereocenters. The van der Waals surface area contributed by atoms with Crippen LogP contribution in [0.3, 0.4) is 0 Å². The first-order chi connectivity index (χ1) is 36.1. The Bertz CT molecular complexity index is 4160. The van der Waals surface area contributed by atoms with Gasteiger partial charge in [0, 0.05) is 34.1 Å². The summed E-state index contributed by atoms with van der Waals surface area (Å²) in [7, 11) is 0. The van der Waals surface area contributed by atoms with Crippen LogP contribution in [0.2, 0.25) is 0 Å². The van der Waals surface area contributed by atoms with Gasteiger partial charge in [-0.2, -0.15) is 10.5 Å². The van der Waals surface area contributed by atoms with Crippen molar-refractivity contribution >= 4 is 77.6 Å². The summed E-state index contributed by atoms with van der Waals surface area (Å²) in [6.45, 7) is 16.2. The second-order valence-electron chi connectivity index (χ2n) is 20.7. The Kier molecular flexibility index (Phi) is 10.2. The summed E-state index contributed by atoms with van der Waals surface area (Å²) in [4.78, 5) is 4.62. The molecule has 10 aromatic carbocycles. The third-order valence-electron chi connectivity index (χ3n) is 16.0. The van der Waals surface area contributed by atoms with E-state index in [1.807, 2.05) is 36.4 Å². The molecule has 0 saturated heterocycles. The number of hydrogen-bond donors (Lipinski definition) is 0. The van der Waals surface area contributed by atoms with Gasteiger partial charge in [-0.25, -0.2) is 0 Å². The van der Waals surface area contributed by atoms with Crippen LogP contribution in [-0.2, 0) is 5.41 Å². The van der Waals surface area contributed by atoms with Crippen LogP contribution in [0.5, 0.6) is 0 Å².